The molecule has 17 heavy (non-hydrogen) atoms. The molecular weight excluding hydrogens is 212 g/mol. The van der Waals surface area contributed by atoms with Crippen molar-refractivity contribution in [2.75, 3.05) is 13.7 Å². The lowest BCUT2D eigenvalue weighted by atomic mass is 10.2. The molecule has 3 heteroatoms. The van der Waals surface area contributed by atoms with Crippen LogP contribution in [0, 0.1) is 6.92 Å². The second-order valence-electron chi connectivity index (χ2n) is 4.37. The summed E-state index contributed by atoms with van der Waals surface area (Å²) in [6, 6.07) is 2.02. The maximum Gasteiger partial charge on any atom is 0.127 e. The second kappa shape index (κ2) is 8.07. The highest BCUT2D eigenvalue weighted by molar-refractivity contribution is 5.32. The normalized spacial score (nSPS) is 10.5. The van der Waals surface area contributed by atoms with E-state index in [2.05, 4.69) is 17.2 Å². The Morgan fingerprint density at radius 3 is 2.82 bits per heavy atom. The summed E-state index contributed by atoms with van der Waals surface area (Å²) in [5.74, 6) is 0.975. The van der Waals surface area contributed by atoms with Crippen molar-refractivity contribution in [3.8, 4) is 5.75 Å². The molecule has 0 radical (unpaired) electrons. The first-order valence-corrected chi connectivity index (χ1v) is 6.50. The smallest absolute Gasteiger partial charge is 0.127 e. The lowest BCUT2D eigenvalue weighted by Crippen LogP contribution is -2.09. The molecule has 1 heterocycles. The van der Waals surface area contributed by atoms with Crippen molar-refractivity contribution in [1.82, 2.24) is 10.3 Å². The minimum absolute atomic E-state index is 0.803. The zero-order chi connectivity index (χ0) is 12.5. The Bertz CT molecular complexity index is 326. The number of rotatable bonds is 8. The number of unbranched alkanes of at least 4 members (excludes halogenated alkanes) is 3. The minimum Gasteiger partial charge on any atom is -0.493 e. The fourth-order valence-corrected chi connectivity index (χ4v) is 1.73. The van der Waals surface area contributed by atoms with E-state index in [0.29, 0.717) is 0 Å². The predicted molar refractivity (Wildman–Crippen MR) is 71.4 cm³/mol. The van der Waals surface area contributed by atoms with E-state index in [-0.39, 0.29) is 0 Å². The van der Waals surface area contributed by atoms with Crippen LogP contribution in [-0.2, 0) is 6.54 Å². The molecule has 0 saturated carbocycles. The van der Waals surface area contributed by atoms with Crippen LogP contribution in [0.15, 0.2) is 12.3 Å². The first-order valence-electron chi connectivity index (χ1n) is 6.50. The largest absolute Gasteiger partial charge is 0.493 e. The van der Waals surface area contributed by atoms with E-state index in [0.717, 1.165) is 36.6 Å². The van der Waals surface area contributed by atoms with E-state index >= 15 is 0 Å². The van der Waals surface area contributed by atoms with Crippen LogP contribution < -0.4 is 10.1 Å². The van der Waals surface area contributed by atoms with Gasteiger partial charge in [-0.25, -0.2) is 0 Å². The highest BCUT2D eigenvalue weighted by atomic mass is 16.5. The fourth-order valence-electron chi connectivity index (χ4n) is 1.73. The molecule has 0 aromatic carbocycles. The van der Waals surface area contributed by atoms with E-state index in [1.165, 1.54) is 19.3 Å². The number of aromatic nitrogens is 1. The van der Waals surface area contributed by atoms with Gasteiger partial charge in [0, 0.05) is 30.1 Å². The van der Waals surface area contributed by atoms with Crippen molar-refractivity contribution in [3.05, 3.63) is 23.5 Å². The summed E-state index contributed by atoms with van der Waals surface area (Å²) in [6.07, 6.45) is 6.84. The lowest BCUT2D eigenvalue weighted by Gasteiger charge is -2.11. The van der Waals surface area contributed by atoms with Crippen LogP contribution in [0.2, 0.25) is 0 Å². The molecule has 0 aliphatic carbocycles. The van der Waals surface area contributed by atoms with Gasteiger partial charge in [0.2, 0.25) is 0 Å². The zero-order valence-electron chi connectivity index (χ0n) is 11.3. The van der Waals surface area contributed by atoms with Crippen LogP contribution in [0.3, 0.4) is 0 Å². The van der Waals surface area contributed by atoms with Crippen LogP contribution in [0.1, 0.15) is 43.9 Å². The molecule has 0 aliphatic heterocycles. The predicted octanol–water partition coefficient (Wildman–Crippen LogP) is 3.07. The number of hydrogen-bond donors (Lipinski definition) is 1. The highest BCUT2D eigenvalue weighted by Gasteiger charge is 2.04. The Balaban J connectivity index is 2.47. The van der Waals surface area contributed by atoms with E-state index in [1.807, 2.05) is 26.2 Å². The first-order chi connectivity index (χ1) is 8.27. The standard InChI is InChI=1S/C14H24N2O/c1-4-5-6-7-8-17-14-9-12(2)16-11-13(14)10-15-3/h9,11,15H,4-8,10H2,1-3H3. The Hall–Kier alpha value is -1.09. The SMILES string of the molecule is CCCCCCOc1cc(C)ncc1CNC. The van der Waals surface area contributed by atoms with E-state index in [1.54, 1.807) is 0 Å². The molecule has 1 N–H and O–H groups in total. The van der Waals surface area contributed by atoms with Crippen molar-refractivity contribution in [2.45, 2.75) is 46.1 Å². The molecular formula is C14H24N2O. The van der Waals surface area contributed by atoms with Gasteiger partial charge in [-0.15, -0.1) is 0 Å². The second-order valence-corrected chi connectivity index (χ2v) is 4.37. The van der Waals surface area contributed by atoms with Crippen LogP contribution >= 0.6 is 0 Å². The van der Waals surface area contributed by atoms with Crippen LogP contribution in [0.25, 0.3) is 0 Å². The van der Waals surface area contributed by atoms with Crippen LogP contribution in [-0.4, -0.2) is 18.6 Å². The van der Waals surface area contributed by atoms with Gasteiger partial charge < -0.3 is 10.1 Å². The number of nitrogens with one attached hydrogen (secondary N) is 1. The van der Waals surface area contributed by atoms with Crippen molar-refractivity contribution in [2.24, 2.45) is 0 Å². The molecule has 1 rings (SSSR count). The van der Waals surface area contributed by atoms with Gasteiger partial charge in [-0.05, 0) is 20.4 Å². The average molecular weight is 236 g/mol. The van der Waals surface area contributed by atoms with Crippen LogP contribution in [0.4, 0.5) is 0 Å². The average Bonchev–Trinajstić information content (AvgIpc) is 2.32. The molecule has 0 fully saturated rings. The third kappa shape index (κ3) is 5.18. The van der Waals surface area contributed by atoms with E-state index in [9.17, 15) is 0 Å². The Morgan fingerprint density at radius 1 is 1.29 bits per heavy atom. The number of nitrogens with zero attached hydrogens (tertiary/aromatic N) is 1. The van der Waals surface area contributed by atoms with Crippen molar-refractivity contribution in [1.29, 1.82) is 0 Å². The first kappa shape index (κ1) is 14.0. The van der Waals surface area contributed by atoms with Gasteiger partial charge in [0.05, 0.1) is 6.61 Å². The quantitative estimate of drug-likeness (QED) is 0.704. The monoisotopic (exact) mass is 236 g/mol. The Labute approximate surface area is 105 Å². The van der Waals surface area contributed by atoms with Gasteiger partial charge in [-0.3, -0.25) is 4.98 Å². The van der Waals surface area contributed by atoms with Gasteiger partial charge in [0.25, 0.3) is 0 Å². The molecule has 0 saturated heterocycles. The van der Waals surface area contributed by atoms with Crippen molar-refractivity contribution in [3.63, 3.8) is 0 Å². The zero-order valence-corrected chi connectivity index (χ0v) is 11.3. The molecule has 96 valence electrons. The molecule has 3 nitrogen and oxygen atoms in total. The lowest BCUT2D eigenvalue weighted by molar-refractivity contribution is 0.301. The maximum atomic E-state index is 5.84. The van der Waals surface area contributed by atoms with E-state index < -0.39 is 0 Å². The van der Waals surface area contributed by atoms with E-state index in [4.69, 9.17) is 4.74 Å². The molecule has 0 amide bonds. The molecule has 0 atom stereocenters. The number of ether oxygens (including phenoxy) is 1. The van der Waals surface area contributed by atoms with Gasteiger partial charge >= 0.3 is 0 Å². The summed E-state index contributed by atoms with van der Waals surface area (Å²) < 4.78 is 5.84. The summed E-state index contributed by atoms with van der Waals surface area (Å²) in [6.45, 7) is 5.82. The van der Waals surface area contributed by atoms with Crippen molar-refractivity contribution < 1.29 is 4.74 Å². The summed E-state index contributed by atoms with van der Waals surface area (Å²) in [7, 11) is 1.94. The summed E-state index contributed by atoms with van der Waals surface area (Å²) in [5.41, 5.74) is 2.14. The fraction of sp³-hybridized carbons (Fsp3) is 0.643. The van der Waals surface area contributed by atoms with Gasteiger partial charge in [0.1, 0.15) is 5.75 Å². The molecule has 1 aromatic heterocycles. The third-order valence-corrected chi connectivity index (χ3v) is 2.70. The summed E-state index contributed by atoms with van der Waals surface area (Å²) >= 11 is 0. The Kier molecular flexibility index (Phi) is 6.63. The number of pyridine rings is 1. The molecule has 0 spiro atoms. The third-order valence-electron chi connectivity index (χ3n) is 2.70. The number of hydrogen-bond acceptors (Lipinski definition) is 3. The molecule has 0 aliphatic rings. The topological polar surface area (TPSA) is 34.1 Å². The highest BCUT2D eigenvalue weighted by Crippen LogP contribution is 2.18. The molecule has 0 bridgehead atoms. The molecule has 1 aromatic rings. The van der Waals surface area contributed by atoms with Gasteiger partial charge in [0.15, 0.2) is 0 Å². The maximum absolute atomic E-state index is 5.84. The summed E-state index contributed by atoms with van der Waals surface area (Å²) in [5, 5.41) is 3.13. The minimum atomic E-state index is 0.803. The van der Waals surface area contributed by atoms with Crippen LogP contribution in [0.5, 0.6) is 5.75 Å². The Morgan fingerprint density at radius 2 is 2.12 bits per heavy atom. The van der Waals surface area contributed by atoms with Gasteiger partial charge in [-0.2, -0.15) is 0 Å². The summed E-state index contributed by atoms with van der Waals surface area (Å²) in [4.78, 5) is 4.30. The van der Waals surface area contributed by atoms with Crippen molar-refractivity contribution >= 4 is 0 Å². The molecule has 0 unspecified atom stereocenters. The number of aryl methyl sites for hydroxylation is 1. The van der Waals surface area contributed by atoms with Gasteiger partial charge in [-0.1, -0.05) is 26.2 Å².